The first-order valence-electron chi connectivity index (χ1n) is 6.89. The number of hydrogen-bond acceptors (Lipinski definition) is 4. The molecule has 2 aromatic rings. The average molecular weight is 325 g/mol. The molecular formula is C15H18Cl2N4. The van der Waals surface area contributed by atoms with E-state index >= 15 is 0 Å². The van der Waals surface area contributed by atoms with E-state index in [2.05, 4.69) is 27.2 Å². The van der Waals surface area contributed by atoms with Crippen molar-refractivity contribution in [2.45, 2.75) is 27.2 Å². The molecule has 112 valence electrons. The molecule has 0 aliphatic carbocycles. The summed E-state index contributed by atoms with van der Waals surface area (Å²) < 4.78 is 0. The van der Waals surface area contributed by atoms with Gasteiger partial charge in [-0.25, -0.2) is 15.0 Å². The van der Waals surface area contributed by atoms with Gasteiger partial charge in [0.15, 0.2) is 5.82 Å². The predicted molar refractivity (Wildman–Crippen MR) is 87.0 cm³/mol. The predicted octanol–water partition coefficient (Wildman–Crippen LogP) is 3.61. The minimum atomic E-state index is 0.460. The van der Waals surface area contributed by atoms with Crippen molar-refractivity contribution in [2.24, 2.45) is 0 Å². The van der Waals surface area contributed by atoms with E-state index in [9.17, 15) is 0 Å². The third-order valence-corrected chi connectivity index (χ3v) is 3.74. The molecule has 0 amide bonds. The Balaban J connectivity index is 2.35. The van der Waals surface area contributed by atoms with Crippen molar-refractivity contribution in [3.8, 4) is 11.5 Å². The Morgan fingerprint density at radius 3 is 2.38 bits per heavy atom. The highest BCUT2D eigenvalue weighted by atomic mass is 35.5. The van der Waals surface area contributed by atoms with Crippen molar-refractivity contribution >= 4 is 23.2 Å². The van der Waals surface area contributed by atoms with Crippen LogP contribution in [0.5, 0.6) is 0 Å². The summed E-state index contributed by atoms with van der Waals surface area (Å²) in [5, 5.41) is 4.27. The van der Waals surface area contributed by atoms with Gasteiger partial charge in [0.2, 0.25) is 0 Å². The number of rotatable bonds is 5. The van der Waals surface area contributed by atoms with Crippen molar-refractivity contribution in [2.75, 3.05) is 13.1 Å². The molecule has 0 bridgehead atoms. The second-order valence-corrected chi connectivity index (χ2v) is 5.63. The van der Waals surface area contributed by atoms with Crippen LogP contribution in [-0.4, -0.2) is 28.0 Å². The van der Waals surface area contributed by atoms with Crippen molar-refractivity contribution < 1.29 is 0 Å². The van der Waals surface area contributed by atoms with Crippen LogP contribution in [0.25, 0.3) is 11.5 Å². The van der Waals surface area contributed by atoms with Crippen LogP contribution in [0.15, 0.2) is 12.3 Å². The van der Waals surface area contributed by atoms with Crippen molar-refractivity contribution in [3.05, 3.63) is 39.3 Å². The quantitative estimate of drug-likeness (QED) is 0.853. The molecule has 0 unspecified atom stereocenters. The van der Waals surface area contributed by atoms with Crippen LogP contribution < -0.4 is 5.32 Å². The number of pyridine rings is 1. The second kappa shape index (κ2) is 7.16. The minimum Gasteiger partial charge on any atom is -0.317 e. The van der Waals surface area contributed by atoms with Crippen molar-refractivity contribution in [3.63, 3.8) is 0 Å². The molecule has 6 heteroatoms. The molecule has 0 aliphatic rings. The summed E-state index contributed by atoms with van der Waals surface area (Å²) in [7, 11) is 0. The number of nitrogens with one attached hydrogen (secondary N) is 1. The Bertz CT molecular complexity index is 621. The summed E-state index contributed by atoms with van der Waals surface area (Å²) in [4.78, 5) is 13.3. The van der Waals surface area contributed by atoms with Gasteiger partial charge in [-0.1, -0.05) is 30.1 Å². The molecule has 0 atom stereocenters. The van der Waals surface area contributed by atoms with E-state index in [1.54, 1.807) is 12.3 Å². The number of likely N-dealkylation sites (N-methyl/N-ethyl adjacent to an activating group) is 1. The maximum absolute atomic E-state index is 6.17. The van der Waals surface area contributed by atoms with E-state index in [1.807, 2.05) is 13.8 Å². The first-order chi connectivity index (χ1) is 10.0. The zero-order valence-electron chi connectivity index (χ0n) is 12.4. The van der Waals surface area contributed by atoms with Gasteiger partial charge in [-0.3, -0.25) is 0 Å². The molecule has 0 radical (unpaired) electrons. The molecule has 0 fully saturated rings. The lowest BCUT2D eigenvalue weighted by Gasteiger charge is -2.11. The minimum absolute atomic E-state index is 0.460. The molecule has 2 aromatic heterocycles. The summed E-state index contributed by atoms with van der Waals surface area (Å²) in [6, 6.07) is 1.65. The Morgan fingerprint density at radius 2 is 1.81 bits per heavy atom. The zero-order valence-corrected chi connectivity index (χ0v) is 13.9. The Labute approximate surface area is 134 Å². The molecule has 0 saturated carbocycles. The lowest BCUT2D eigenvalue weighted by Crippen LogP contribution is -2.18. The van der Waals surface area contributed by atoms with Crippen LogP contribution in [0.1, 0.15) is 23.9 Å². The molecule has 1 N–H and O–H groups in total. The van der Waals surface area contributed by atoms with Crippen LogP contribution in [0.2, 0.25) is 10.0 Å². The summed E-state index contributed by atoms with van der Waals surface area (Å²) in [6.07, 6.45) is 2.46. The Morgan fingerprint density at radius 1 is 1.14 bits per heavy atom. The van der Waals surface area contributed by atoms with E-state index in [-0.39, 0.29) is 0 Å². The fraction of sp³-hybridized carbons (Fsp3) is 0.400. The van der Waals surface area contributed by atoms with Gasteiger partial charge in [-0.15, -0.1) is 0 Å². The first-order valence-corrected chi connectivity index (χ1v) is 7.64. The normalized spacial score (nSPS) is 10.9. The van der Waals surface area contributed by atoms with Crippen LogP contribution >= 0.6 is 23.2 Å². The number of aryl methyl sites for hydroxylation is 2. The first kappa shape index (κ1) is 16.1. The van der Waals surface area contributed by atoms with Crippen LogP contribution in [0.3, 0.4) is 0 Å². The highest BCUT2D eigenvalue weighted by molar-refractivity contribution is 6.35. The van der Waals surface area contributed by atoms with Gasteiger partial charge in [-0.2, -0.15) is 0 Å². The third kappa shape index (κ3) is 3.90. The third-order valence-electron chi connectivity index (χ3n) is 3.24. The summed E-state index contributed by atoms with van der Waals surface area (Å²) in [5.41, 5.74) is 3.65. The molecule has 0 aromatic carbocycles. The van der Waals surface area contributed by atoms with Gasteiger partial charge >= 0.3 is 0 Å². The lowest BCUT2D eigenvalue weighted by molar-refractivity contribution is 0.708. The topological polar surface area (TPSA) is 50.7 Å². The zero-order chi connectivity index (χ0) is 15.4. The Hall–Kier alpha value is -1.23. The number of hydrogen-bond donors (Lipinski definition) is 1. The standard InChI is InChI=1S/C15H18Cl2N4/c1-4-18-6-5-12-9(2)20-15(21-10(12)3)14-13(17)7-11(16)8-19-14/h7-8,18H,4-6H2,1-3H3. The van der Waals surface area contributed by atoms with Gasteiger partial charge in [0, 0.05) is 17.6 Å². The number of aromatic nitrogens is 3. The lowest BCUT2D eigenvalue weighted by atomic mass is 10.1. The molecule has 0 saturated heterocycles. The van der Waals surface area contributed by atoms with E-state index in [0.29, 0.717) is 21.6 Å². The van der Waals surface area contributed by atoms with Crippen molar-refractivity contribution in [1.29, 1.82) is 0 Å². The SMILES string of the molecule is CCNCCc1c(C)nc(-c2ncc(Cl)cc2Cl)nc1C. The van der Waals surface area contributed by atoms with Gasteiger partial charge in [0.25, 0.3) is 0 Å². The molecule has 4 nitrogen and oxygen atoms in total. The average Bonchev–Trinajstić information content (AvgIpc) is 2.41. The smallest absolute Gasteiger partial charge is 0.180 e. The molecule has 0 aliphatic heterocycles. The van der Waals surface area contributed by atoms with Gasteiger partial charge in [-0.05, 0) is 45.0 Å². The van der Waals surface area contributed by atoms with Crippen LogP contribution in [0, 0.1) is 13.8 Å². The highest BCUT2D eigenvalue weighted by Gasteiger charge is 2.13. The number of nitrogens with zero attached hydrogens (tertiary/aromatic N) is 3. The van der Waals surface area contributed by atoms with Crippen LogP contribution in [-0.2, 0) is 6.42 Å². The van der Waals surface area contributed by atoms with E-state index in [1.165, 1.54) is 5.56 Å². The van der Waals surface area contributed by atoms with E-state index in [4.69, 9.17) is 23.2 Å². The largest absolute Gasteiger partial charge is 0.317 e. The number of halogens is 2. The Kier molecular flexibility index (Phi) is 5.51. The molecule has 2 heterocycles. The van der Waals surface area contributed by atoms with Gasteiger partial charge < -0.3 is 5.32 Å². The highest BCUT2D eigenvalue weighted by Crippen LogP contribution is 2.26. The van der Waals surface area contributed by atoms with Crippen LogP contribution in [0.4, 0.5) is 0 Å². The molecule has 0 spiro atoms. The van der Waals surface area contributed by atoms with Crippen molar-refractivity contribution in [1.82, 2.24) is 20.3 Å². The fourth-order valence-electron chi connectivity index (χ4n) is 2.18. The van der Waals surface area contributed by atoms with E-state index in [0.717, 1.165) is 30.9 Å². The second-order valence-electron chi connectivity index (χ2n) is 4.78. The molecule has 21 heavy (non-hydrogen) atoms. The van der Waals surface area contributed by atoms with Gasteiger partial charge in [0.1, 0.15) is 5.69 Å². The monoisotopic (exact) mass is 324 g/mol. The molecular weight excluding hydrogens is 307 g/mol. The molecule has 2 rings (SSSR count). The maximum Gasteiger partial charge on any atom is 0.180 e. The fourth-order valence-corrected chi connectivity index (χ4v) is 2.64. The van der Waals surface area contributed by atoms with Gasteiger partial charge in [0.05, 0.1) is 10.0 Å². The maximum atomic E-state index is 6.17. The summed E-state index contributed by atoms with van der Waals surface area (Å²) in [6.45, 7) is 7.95. The van der Waals surface area contributed by atoms with E-state index < -0.39 is 0 Å². The summed E-state index contributed by atoms with van der Waals surface area (Å²) in [5.74, 6) is 0.541. The summed E-state index contributed by atoms with van der Waals surface area (Å²) >= 11 is 12.0.